The van der Waals surface area contributed by atoms with Crippen LogP contribution in [0.15, 0.2) is 18.3 Å². The molecule has 2 rings (SSSR count). The van der Waals surface area contributed by atoms with Gasteiger partial charge in [0.05, 0.1) is 23.1 Å². The summed E-state index contributed by atoms with van der Waals surface area (Å²) in [6, 6.07) is 4.34. The van der Waals surface area contributed by atoms with E-state index in [4.69, 9.17) is 5.73 Å². The first kappa shape index (κ1) is 10.8. The predicted octanol–water partition coefficient (Wildman–Crippen LogP) is 2.60. The highest BCUT2D eigenvalue weighted by Gasteiger charge is 2.09. The summed E-state index contributed by atoms with van der Waals surface area (Å²) < 4.78 is 0. The van der Waals surface area contributed by atoms with Gasteiger partial charge in [0.2, 0.25) is 0 Å². The van der Waals surface area contributed by atoms with Crippen molar-refractivity contribution in [2.24, 2.45) is 5.92 Å². The highest BCUT2D eigenvalue weighted by molar-refractivity contribution is 5.88. The van der Waals surface area contributed by atoms with Crippen LogP contribution in [0.3, 0.4) is 0 Å². The van der Waals surface area contributed by atoms with Crippen molar-refractivity contribution in [3.63, 3.8) is 0 Å². The minimum absolute atomic E-state index is 0.391. The van der Waals surface area contributed by atoms with Gasteiger partial charge in [-0.2, -0.15) is 5.10 Å². The van der Waals surface area contributed by atoms with Crippen LogP contribution in [0.1, 0.15) is 20.8 Å². The molecule has 0 bridgehead atoms. The summed E-state index contributed by atoms with van der Waals surface area (Å²) in [5, 5.41) is 11.4. The number of nitrogen functional groups attached to an aromatic ring is 1. The van der Waals surface area contributed by atoms with Gasteiger partial charge in [-0.25, -0.2) is 0 Å². The number of rotatable bonds is 3. The summed E-state index contributed by atoms with van der Waals surface area (Å²) in [6.07, 6.45) is 1.78. The molecule has 1 unspecified atom stereocenters. The molecule has 1 aromatic carbocycles. The second-order valence-electron chi connectivity index (χ2n) is 4.57. The molecule has 0 fully saturated rings. The van der Waals surface area contributed by atoms with Crippen molar-refractivity contribution in [1.82, 2.24) is 10.2 Å². The molecule has 0 aliphatic rings. The minimum Gasteiger partial charge on any atom is -0.397 e. The smallest absolute Gasteiger partial charge is 0.0672 e. The maximum atomic E-state index is 5.99. The Kier molecular flexibility index (Phi) is 2.73. The topological polar surface area (TPSA) is 66.7 Å². The molecule has 4 N–H and O–H groups in total. The van der Waals surface area contributed by atoms with Crippen molar-refractivity contribution >= 4 is 22.3 Å². The summed E-state index contributed by atoms with van der Waals surface area (Å²) in [5.41, 5.74) is 8.73. The van der Waals surface area contributed by atoms with E-state index in [0.29, 0.717) is 12.0 Å². The van der Waals surface area contributed by atoms with Crippen LogP contribution >= 0.6 is 0 Å². The first-order valence-corrected chi connectivity index (χ1v) is 5.57. The first-order chi connectivity index (χ1) is 7.58. The number of hydrogen-bond donors (Lipinski definition) is 3. The molecule has 16 heavy (non-hydrogen) atoms. The van der Waals surface area contributed by atoms with E-state index >= 15 is 0 Å². The van der Waals surface area contributed by atoms with Crippen molar-refractivity contribution < 1.29 is 0 Å². The number of nitrogens with one attached hydrogen (secondary N) is 2. The van der Waals surface area contributed by atoms with E-state index in [1.54, 1.807) is 6.20 Å². The molecule has 1 aromatic heterocycles. The highest BCUT2D eigenvalue weighted by atomic mass is 15.1. The monoisotopic (exact) mass is 218 g/mol. The predicted molar refractivity (Wildman–Crippen MR) is 68.4 cm³/mol. The molecule has 0 radical (unpaired) electrons. The van der Waals surface area contributed by atoms with Gasteiger partial charge in [-0.3, -0.25) is 5.10 Å². The molecule has 0 amide bonds. The first-order valence-electron chi connectivity index (χ1n) is 5.57. The number of nitrogens with two attached hydrogens (primary N) is 1. The molecule has 0 saturated heterocycles. The van der Waals surface area contributed by atoms with E-state index in [1.807, 2.05) is 12.1 Å². The SMILES string of the molecule is CC(C)C(C)Nc1cc2[nH]ncc2cc1N. The van der Waals surface area contributed by atoms with Crippen LogP contribution in [0.2, 0.25) is 0 Å². The highest BCUT2D eigenvalue weighted by Crippen LogP contribution is 2.26. The van der Waals surface area contributed by atoms with E-state index in [1.165, 1.54) is 0 Å². The van der Waals surface area contributed by atoms with Crippen LogP contribution in [-0.2, 0) is 0 Å². The summed E-state index contributed by atoms with van der Waals surface area (Å²) in [7, 11) is 0. The third kappa shape index (κ3) is 1.96. The van der Waals surface area contributed by atoms with Crippen LogP contribution in [0.5, 0.6) is 0 Å². The summed E-state index contributed by atoms with van der Waals surface area (Å²) in [6.45, 7) is 6.52. The van der Waals surface area contributed by atoms with E-state index < -0.39 is 0 Å². The van der Waals surface area contributed by atoms with Crippen LogP contribution in [-0.4, -0.2) is 16.2 Å². The molecular weight excluding hydrogens is 200 g/mol. The maximum Gasteiger partial charge on any atom is 0.0672 e. The van der Waals surface area contributed by atoms with Gasteiger partial charge in [0.25, 0.3) is 0 Å². The van der Waals surface area contributed by atoms with E-state index in [9.17, 15) is 0 Å². The van der Waals surface area contributed by atoms with Gasteiger partial charge in [0, 0.05) is 11.4 Å². The molecule has 2 aromatic rings. The largest absolute Gasteiger partial charge is 0.397 e. The molecule has 4 nitrogen and oxygen atoms in total. The Morgan fingerprint density at radius 3 is 2.75 bits per heavy atom. The Bertz CT molecular complexity index is 487. The fourth-order valence-corrected chi connectivity index (χ4v) is 1.55. The molecular formula is C12H18N4. The van der Waals surface area contributed by atoms with Gasteiger partial charge >= 0.3 is 0 Å². The number of aromatic nitrogens is 2. The number of aromatic amines is 1. The average Bonchev–Trinajstić information content (AvgIpc) is 2.65. The fourth-order valence-electron chi connectivity index (χ4n) is 1.55. The molecule has 86 valence electrons. The normalized spacial score (nSPS) is 13.2. The maximum absolute atomic E-state index is 5.99. The molecule has 0 saturated carbocycles. The van der Waals surface area contributed by atoms with Crippen molar-refractivity contribution in [3.05, 3.63) is 18.3 Å². The summed E-state index contributed by atoms with van der Waals surface area (Å²) in [4.78, 5) is 0. The molecule has 1 atom stereocenters. The molecule has 1 heterocycles. The molecule has 0 aliphatic carbocycles. The molecule has 4 heteroatoms. The van der Waals surface area contributed by atoms with E-state index in [0.717, 1.165) is 22.3 Å². The molecule has 0 spiro atoms. The Hall–Kier alpha value is -1.71. The van der Waals surface area contributed by atoms with E-state index in [-0.39, 0.29) is 0 Å². The van der Waals surface area contributed by atoms with Gasteiger partial charge in [-0.05, 0) is 25.0 Å². The number of hydrogen-bond acceptors (Lipinski definition) is 3. The van der Waals surface area contributed by atoms with Crippen molar-refractivity contribution in [2.75, 3.05) is 11.1 Å². The number of fused-ring (bicyclic) bond motifs is 1. The van der Waals surface area contributed by atoms with Gasteiger partial charge in [0.15, 0.2) is 0 Å². The number of anilines is 2. The summed E-state index contributed by atoms with van der Waals surface area (Å²) in [5.74, 6) is 0.567. The fraction of sp³-hybridized carbons (Fsp3) is 0.417. The zero-order valence-corrected chi connectivity index (χ0v) is 9.91. The summed E-state index contributed by atoms with van der Waals surface area (Å²) >= 11 is 0. The zero-order chi connectivity index (χ0) is 11.7. The van der Waals surface area contributed by atoms with Gasteiger partial charge in [0.1, 0.15) is 0 Å². The minimum atomic E-state index is 0.391. The second kappa shape index (κ2) is 4.04. The third-order valence-electron chi connectivity index (χ3n) is 2.99. The van der Waals surface area contributed by atoms with Crippen molar-refractivity contribution in [2.45, 2.75) is 26.8 Å². The Balaban J connectivity index is 2.32. The molecule has 0 aliphatic heterocycles. The van der Waals surface area contributed by atoms with Crippen LogP contribution < -0.4 is 11.1 Å². The van der Waals surface area contributed by atoms with Gasteiger partial charge < -0.3 is 11.1 Å². The average molecular weight is 218 g/mol. The second-order valence-corrected chi connectivity index (χ2v) is 4.57. The lowest BCUT2D eigenvalue weighted by molar-refractivity contribution is 0.560. The number of nitrogens with zero attached hydrogens (tertiary/aromatic N) is 1. The van der Waals surface area contributed by atoms with E-state index in [2.05, 4.69) is 36.3 Å². The lowest BCUT2D eigenvalue weighted by Gasteiger charge is -2.20. The third-order valence-corrected chi connectivity index (χ3v) is 2.99. The van der Waals surface area contributed by atoms with Gasteiger partial charge in [-0.15, -0.1) is 0 Å². The lowest BCUT2D eigenvalue weighted by atomic mass is 10.1. The Morgan fingerprint density at radius 1 is 1.31 bits per heavy atom. The van der Waals surface area contributed by atoms with Crippen molar-refractivity contribution in [3.8, 4) is 0 Å². The van der Waals surface area contributed by atoms with Crippen LogP contribution in [0, 0.1) is 5.92 Å². The zero-order valence-electron chi connectivity index (χ0n) is 9.91. The number of benzene rings is 1. The van der Waals surface area contributed by atoms with Crippen LogP contribution in [0.4, 0.5) is 11.4 Å². The lowest BCUT2D eigenvalue weighted by Crippen LogP contribution is -2.22. The van der Waals surface area contributed by atoms with Crippen LogP contribution in [0.25, 0.3) is 10.9 Å². The Morgan fingerprint density at radius 2 is 2.06 bits per heavy atom. The number of H-pyrrole nitrogens is 1. The Labute approximate surface area is 95.2 Å². The quantitative estimate of drug-likeness (QED) is 0.694. The van der Waals surface area contributed by atoms with Crippen molar-refractivity contribution in [1.29, 1.82) is 0 Å². The standard InChI is InChI=1S/C12H18N4/c1-7(2)8(3)15-12-5-11-9(4-10(12)13)6-14-16-11/h4-8,15H,13H2,1-3H3,(H,14,16). The van der Waals surface area contributed by atoms with Gasteiger partial charge in [-0.1, -0.05) is 13.8 Å².